The lowest BCUT2D eigenvalue weighted by Crippen LogP contribution is -2.24. The minimum Gasteiger partial charge on any atom is -0.465 e. The number of rotatable bonds is 6. The van der Waals surface area contributed by atoms with Crippen LogP contribution in [-0.4, -0.2) is 29.5 Å². The predicted octanol–water partition coefficient (Wildman–Crippen LogP) is 3.62. The largest absolute Gasteiger partial charge is 0.465 e. The molecular weight excluding hydrogens is 321 g/mol. The molecule has 1 atom stereocenters. The minimum atomic E-state index is -0.397. The monoisotopic (exact) mass is 335 g/mol. The molecule has 20 heavy (non-hydrogen) atoms. The van der Waals surface area contributed by atoms with E-state index in [1.807, 2.05) is 0 Å². The van der Waals surface area contributed by atoms with E-state index in [0.29, 0.717) is 22.3 Å². The van der Waals surface area contributed by atoms with Gasteiger partial charge in [-0.25, -0.2) is 0 Å². The highest BCUT2D eigenvalue weighted by atomic mass is 35.5. The summed E-state index contributed by atoms with van der Waals surface area (Å²) >= 11 is 12.9. The van der Waals surface area contributed by atoms with Gasteiger partial charge in [-0.3, -0.25) is 9.59 Å². The van der Waals surface area contributed by atoms with Gasteiger partial charge in [-0.1, -0.05) is 23.2 Å². The standard InChI is InChI=1S/C13H15Cl2NO3S/c1-3-19-12(17)7-20-8(2)13(18)16-11-5-4-9(14)6-10(11)15/h4-6,8H,3,7H2,1-2H3,(H,16,18)/t8-/m0/s1. The van der Waals surface area contributed by atoms with Gasteiger partial charge in [0.25, 0.3) is 0 Å². The summed E-state index contributed by atoms with van der Waals surface area (Å²) in [6, 6.07) is 4.82. The molecule has 0 unspecified atom stereocenters. The first-order chi connectivity index (χ1) is 9.43. The minimum absolute atomic E-state index is 0.136. The molecule has 0 aliphatic carbocycles. The maximum Gasteiger partial charge on any atom is 0.315 e. The van der Waals surface area contributed by atoms with Gasteiger partial charge in [-0.15, -0.1) is 11.8 Å². The van der Waals surface area contributed by atoms with Gasteiger partial charge >= 0.3 is 5.97 Å². The number of amides is 1. The first-order valence-electron chi connectivity index (χ1n) is 5.97. The average Bonchev–Trinajstić information content (AvgIpc) is 2.39. The number of hydrogen-bond donors (Lipinski definition) is 1. The fourth-order valence-electron chi connectivity index (χ4n) is 1.30. The van der Waals surface area contributed by atoms with Crippen molar-refractivity contribution in [2.24, 2.45) is 0 Å². The van der Waals surface area contributed by atoms with Crippen LogP contribution in [0.25, 0.3) is 0 Å². The van der Waals surface area contributed by atoms with E-state index in [-0.39, 0.29) is 17.6 Å². The molecule has 0 radical (unpaired) electrons. The third-order valence-corrected chi connectivity index (χ3v) is 3.98. The normalized spacial score (nSPS) is 11.8. The van der Waals surface area contributed by atoms with Crippen LogP contribution in [0.5, 0.6) is 0 Å². The lowest BCUT2D eigenvalue weighted by atomic mass is 10.3. The van der Waals surface area contributed by atoms with Crippen molar-refractivity contribution in [2.75, 3.05) is 17.7 Å². The van der Waals surface area contributed by atoms with Crippen LogP contribution in [0, 0.1) is 0 Å². The number of ether oxygens (including phenoxy) is 1. The van der Waals surface area contributed by atoms with Gasteiger partial charge in [0.05, 0.1) is 28.3 Å². The molecule has 1 N–H and O–H groups in total. The van der Waals surface area contributed by atoms with Gasteiger partial charge in [0.2, 0.25) is 5.91 Å². The number of carbonyl (C=O) groups excluding carboxylic acids is 2. The quantitative estimate of drug-likeness (QED) is 0.806. The van der Waals surface area contributed by atoms with E-state index in [4.69, 9.17) is 27.9 Å². The number of hydrogen-bond acceptors (Lipinski definition) is 4. The topological polar surface area (TPSA) is 55.4 Å². The predicted molar refractivity (Wildman–Crippen MR) is 83.6 cm³/mol. The smallest absolute Gasteiger partial charge is 0.315 e. The van der Waals surface area contributed by atoms with Crippen LogP contribution in [0.15, 0.2) is 18.2 Å². The summed E-state index contributed by atoms with van der Waals surface area (Å²) in [5.74, 6) is -0.429. The summed E-state index contributed by atoms with van der Waals surface area (Å²) in [5, 5.41) is 3.16. The van der Waals surface area contributed by atoms with E-state index in [9.17, 15) is 9.59 Å². The Morgan fingerprint density at radius 1 is 1.40 bits per heavy atom. The molecule has 1 aromatic carbocycles. The first-order valence-corrected chi connectivity index (χ1v) is 7.77. The molecule has 1 rings (SSSR count). The van der Waals surface area contributed by atoms with Gasteiger partial charge < -0.3 is 10.1 Å². The van der Waals surface area contributed by atoms with Crippen molar-refractivity contribution in [3.05, 3.63) is 28.2 Å². The Labute approximate surface area is 132 Å². The van der Waals surface area contributed by atoms with Crippen molar-refractivity contribution in [3.8, 4) is 0 Å². The number of nitrogens with one attached hydrogen (secondary N) is 1. The summed E-state index contributed by atoms with van der Waals surface area (Å²) < 4.78 is 4.80. The highest BCUT2D eigenvalue weighted by molar-refractivity contribution is 8.01. The highest BCUT2D eigenvalue weighted by Crippen LogP contribution is 2.26. The fourth-order valence-corrected chi connectivity index (χ4v) is 2.43. The molecule has 4 nitrogen and oxygen atoms in total. The number of esters is 1. The van der Waals surface area contributed by atoms with Crippen molar-refractivity contribution in [3.63, 3.8) is 0 Å². The second kappa shape index (κ2) is 8.39. The van der Waals surface area contributed by atoms with Gasteiger partial charge in [-0.2, -0.15) is 0 Å². The first kappa shape index (κ1) is 17.1. The van der Waals surface area contributed by atoms with Crippen LogP contribution < -0.4 is 5.32 Å². The molecule has 0 heterocycles. The molecular formula is C13H15Cl2NO3S. The van der Waals surface area contributed by atoms with E-state index in [0.717, 1.165) is 0 Å². The number of halogens is 2. The van der Waals surface area contributed by atoms with Crippen LogP contribution in [0.2, 0.25) is 10.0 Å². The number of benzene rings is 1. The Kier molecular flexibility index (Phi) is 7.19. The molecule has 0 aliphatic rings. The van der Waals surface area contributed by atoms with Crippen LogP contribution >= 0.6 is 35.0 Å². The summed E-state index contributed by atoms with van der Waals surface area (Å²) in [6.45, 7) is 3.78. The van der Waals surface area contributed by atoms with Crippen LogP contribution in [0.3, 0.4) is 0 Å². The van der Waals surface area contributed by atoms with E-state index in [1.54, 1.807) is 32.0 Å². The van der Waals surface area contributed by atoms with Gasteiger partial charge in [-0.05, 0) is 32.0 Å². The highest BCUT2D eigenvalue weighted by Gasteiger charge is 2.16. The van der Waals surface area contributed by atoms with Gasteiger partial charge in [0.1, 0.15) is 0 Å². The number of anilines is 1. The molecule has 0 saturated carbocycles. The SMILES string of the molecule is CCOC(=O)CS[C@@H](C)C(=O)Nc1ccc(Cl)cc1Cl. The summed E-state index contributed by atoms with van der Waals surface area (Å²) in [5.41, 5.74) is 0.490. The molecule has 0 aliphatic heterocycles. The number of thioether (sulfide) groups is 1. The second-order valence-electron chi connectivity index (χ2n) is 3.87. The number of carbonyl (C=O) groups is 2. The third-order valence-electron chi connectivity index (χ3n) is 2.31. The molecule has 7 heteroatoms. The molecule has 0 saturated heterocycles. The lowest BCUT2D eigenvalue weighted by molar-refractivity contribution is -0.139. The van der Waals surface area contributed by atoms with E-state index < -0.39 is 5.25 Å². The zero-order valence-electron chi connectivity index (χ0n) is 11.1. The van der Waals surface area contributed by atoms with Crippen molar-refractivity contribution in [1.82, 2.24) is 0 Å². The zero-order valence-corrected chi connectivity index (χ0v) is 13.4. The molecule has 0 bridgehead atoms. The maximum atomic E-state index is 11.9. The Hall–Kier alpha value is -0.910. The molecule has 1 aromatic rings. The summed E-state index contributed by atoms with van der Waals surface area (Å²) in [7, 11) is 0. The Bertz CT molecular complexity index is 497. The lowest BCUT2D eigenvalue weighted by Gasteiger charge is -2.12. The fraction of sp³-hybridized carbons (Fsp3) is 0.385. The zero-order chi connectivity index (χ0) is 15.1. The van der Waals surface area contributed by atoms with E-state index >= 15 is 0 Å². The molecule has 0 aromatic heterocycles. The van der Waals surface area contributed by atoms with E-state index in [2.05, 4.69) is 5.32 Å². The Morgan fingerprint density at radius 2 is 2.10 bits per heavy atom. The summed E-state index contributed by atoms with van der Waals surface area (Å²) in [6.07, 6.45) is 0. The molecule has 110 valence electrons. The third kappa shape index (κ3) is 5.61. The summed E-state index contributed by atoms with van der Waals surface area (Å²) in [4.78, 5) is 23.2. The van der Waals surface area contributed by atoms with Crippen molar-refractivity contribution in [1.29, 1.82) is 0 Å². The van der Waals surface area contributed by atoms with Crippen LogP contribution in [0.4, 0.5) is 5.69 Å². The van der Waals surface area contributed by atoms with Crippen molar-refractivity contribution < 1.29 is 14.3 Å². The molecule has 0 fully saturated rings. The van der Waals surface area contributed by atoms with Crippen molar-refractivity contribution >= 4 is 52.5 Å². The average molecular weight is 336 g/mol. The molecule has 0 spiro atoms. The Balaban J connectivity index is 2.51. The van der Waals surface area contributed by atoms with Crippen LogP contribution in [-0.2, 0) is 14.3 Å². The maximum absolute atomic E-state index is 11.9. The Morgan fingerprint density at radius 3 is 2.70 bits per heavy atom. The van der Waals surface area contributed by atoms with Crippen LogP contribution in [0.1, 0.15) is 13.8 Å². The van der Waals surface area contributed by atoms with Gasteiger partial charge in [0, 0.05) is 5.02 Å². The van der Waals surface area contributed by atoms with Crippen molar-refractivity contribution in [2.45, 2.75) is 19.1 Å². The van der Waals surface area contributed by atoms with E-state index in [1.165, 1.54) is 11.8 Å². The molecule has 1 amide bonds. The van der Waals surface area contributed by atoms with Gasteiger partial charge in [0.15, 0.2) is 0 Å². The second-order valence-corrected chi connectivity index (χ2v) is 6.04.